The van der Waals surface area contributed by atoms with Crippen LogP contribution in [0.1, 0.15) is 21.8 Å². The molecule has 2 heterocycles. The Labute approximate surface area is 144 Å². The van der Waals surface area contributed by atoms with Gasteiger partial charge in [0, 0.05) is 24.2 Å². The van der Waals surface area contributed by atoms with Gasteiger partial charge in [0.2, 0.25) is 0 Å². The Bertz CT molecular complexity index is 878. The van der Waals surface area contributed by atoms with Crippen LogP contribution in [-0.2, 0) is 6.54 Å². The number of aromatic nitrogens is 3. The van der Waals surface area contributed by atoms with Gasteiger partial charge in [0.05, 0.1) is 7.11 Å². The summed E-state index contributed by atoms with van der Waals surface area (Å²) in [4.78, 5) is 20.3. The molecule has 2 N–H and O–H groups in total. The molecule has 2 aromatic heterocycles. The van der Waals surface area contributed by atoms with Crippen molar-refractivity contribution in [3.63, 3.8) is 0 Å². The molecule has 0 unspecified atom stereocenters. The molecule has 1 aromatic carbocycles. The van der Waals surface area contributed by atoms with E-state index < -0.39 is 5.91 Å². The van der Waals surface area contributed by atoms with Gasteiger partial charge >= 0.3 is 0 Å². The lowest BCUT2D eigenvalue weighted by Gasteiger charge is -2.10. The molecule has 128 valence electrons. The quantitative estimate of drug-likeness (QED) is 0.711. The summed E-state index contributed by atoms with van der Waals surface area (Å²) < 4.78 is 10.2. The number of amides is 1. The fraction of sp³-hybridized carbons (Fsp3) is 0.176. The fourth-order valence-electron chi connectivity index (χ4n) is 2.22. The first-order valence-electron chi connectivity index (χ1n) is 7.58. The van der Waals surface area contributed by atoms with Crippen LogP contribution < -0.4 is 15.4 Å². The van der Waals surface area contributed by atoms with Gasteiger partial charge in [-0.3, -0.25) is 4.79 Å². The molecule has 0 saturated heterocycles. The Kier molecular flexibility index (Phi) is 4.89. The third-order valence-electron chi connectivity index (χ3n) is 3.42. The van der Waals surface area contributed by atoms with Crippen LogP contribution in [0.2, 0.25) is 0 Å². The first-order chi connectivity index (χ1) is 12.2. The van der Waals surface area contributed by atoms with Crippen molar-refractivity contribution in [2.45, 2.75) is 13.5 Å². The Morgan fingerprint density at radius 2 is 2.04 bits per heavy atom. The molecular formula is C17H17N5O3. The van der Waals surface area contributed by atoms with Gasteiger partial charge in [0.25, 0.3) is 5.91 Å². The summed E-state index contributed by atoms with van der Waals surface area (Å²) in [6.45, 7) is 2.25. The largest absolute Gasteiger partial charge is 0.496 e. The standard InChI is InChI=1S/C17H17N5O3/c1-11-7-16(22-25-11)21-17(23)13-8-15(20-10-19-13)18-9-12-5-3-4-6-14(12)24-2/h3-8,10H,9H2,1-2H3,(H,18,19,20)(H,21,22,23). The Hall–Kier alpha value is -3.42. The van der Waals surface area contributed by atoms with Crippen LogP contribution in [0.25, 0.3) is 0 Å². The molecule has 0 radical (unpaired) electrons. The minimum atomic E-state index is -0.393. The third kappa shape index (κ3) is 4.11. The van der Waals surface area contributed by atoms with Crippen molar-refractivity contribution in [1.82, 2.24) is 15.1 Å². The summed E-state index contributed by atoms with van der Waals surface area (Å²) in [7, 11) is 1.62. The summed E-state index contributed by atoms with van der Waals surface area (Å²) in [5.41, 5.74) is 1.20. The molecule has 0 aliphatic carbocycles. The number of hydrogen-bond donors (Lipinski definition) is 2. The molecule has 25 heavy (non-hydrogen) atoms. The maximum atomic E-state index is 12.2. The number of carbonyl (C=O) groups is 1. The lowest BCUT2D eigenvalue weighted by molar-refractivity contribution is 0.102. The summed E-state index contributed by atoms with van der Waals surface area (Å²) in [5, 5.41) is 9.49. The van der Waals surface area contributed by atoms with Crippen molar-refractivity contribution >= 4 is 17.5 Å². The van der Waals surface area contributed by atoms with E-state index in [-0.39, 0.29) is 5.69 Å². The zero-order valence-electron chi connectivity index (χ0n) is 13.8. The van der Waals surface area contributed by atoms with Crippen molar-refractivity contribution in [1.29, 1.82) is 0 Å². The van der Waals surface area contributed by atoms with Gasteiger partial charge in [-0.15, -0.1) is 0 Å². The van der Waals surface area contributed by atoms with Crippen molar-refractivity contribution < 1.29 is 14.1 Å². The van der Waals surface area contributed by atoms with E-state index in [0.29, 0.717) is 23.9 Å². The number of hydrogen-bond acceptors (Lipinski definition) is 7. The second-order valence-corrected chi connectivity index (χ2v) is 5.23. The molecule has 8 heteroatoms. The van der Waals surface area contributed by atoms with Crippen LogP contribution in [0.3, 0.4) is 0 Å². The molecule has 0 fully saturated rings. The SMILES string of the molecule is COc1ccccc1CNc1cc(C(=O)Nc2cc(C)on2)ncn1. The smallest absolute Gasteiger partial charge is 0.275 e. The summed E-state index contributed by atoms with van der Waals surface area (Å²) in [6.07, 6.45) is 1.33. The van der Waals surface area contributed by atoms with E-state index in [9.17, 15) is 4.79 Å². The van der Waals surface area contributed by atoms with E-state index in [0.717, 1.165) is 11.3 Å². The minimum Gasteiger partial charge on any atom is -0.496 e. The van der Waals surface area contributed by atoms with Gasteiger partial charge in [0.15, 0.2) is 5.82 Å². The number of nitrogens with zero attached hydrogens (tertiary/aromatic N) is 3. The number of aryl methyl sites for hydroxylation is 1. The normalized spacial score (nSPS) is 10.3. The van der Waals surface area contributed by atoms with Gasteiger partial charge < -0.3 is 19.9 Å². The lowest BCUT2D eigenvalue weighted by Crippen LogP contribution is -2.15. The van der Waals surface area contributed by atoms with Crippen molar-refractivity contribution in [3.8, 4) is 5.75 Å². The molecule has 0 bridgehead atoms. The minimum absolute atomic E-state index is 0.221. The van der Waals surface area contributed by atoms with E-state index in [4.69, 9.17) is 9.26 Å². The number of ether oxygens (including phenoxy) is 1. The first-order valence-corrected chi connectivity index (χ1v) is 7.58. The van der Waals surface area contributed by atoms with Crippen LogP contribution in [0.4, 0.5) is 11.6 Å². The molecule has 0 atom stereocenters. The molecule has 0 aliphatic heterocycles. The van der Waals surface area contributed by atoms with Gasteiger partial charge in [-0.25, -0.2) is 9.97 Å². The Balaban J connectivity index is 1.67. The highest BCUT2D eigenvalue weighted by atomic mass is 16.5. The van der Waals surface area contributed by atoms with Gasteiger partial charge in [-0.2, -0.15) is 0 Å². The number of anilines is 2. The molecule has 0 saturated carbocycles. The van der Waals surface area contributed by atoms with Crippen molar-refractivity contribution in [3.05, 3.63) is 59.7 Å². The number of para-hydroxylation sites is 1. The Morgan fingerprint density at radius 3 is 2.80 bits per heavy atom. The highest BCUT2D eigenvalue weighted by molar-refractivity contribution is 6.02. The molecule has 1 amide bonds. The molecule has 3 aromatic rings. The van der Waals surface area contributed by atoms with Crippen LogP contribution >= 0.6 is 0 Å². The van der Waals surface area contributed by atoms with Crippen molar-refractivity contribution in [2.24, 2.45) is 0 Å². The number of methoxy groups -OCH3 is 1. The van der Waals surface area contributed by atoms with Crippen LogP contribution in [0.5, 0.6) is 5.75 Å². The predicted octanol–water partition coefficient (Wildman–Crippen LogP) is 2.65. The first kappa shape index (κ1) is 16.4. The maximum absolute atomic E-state index is 12.2. The van der Waals surface area contributed by atoms with E-state index in [1.165, 1.54) is 6.33 Å². The number of nitrogens with one attached hydrogen (secondary N) is 2. The van der Waals surface area contributed by atoms with E-state index in [2.05, 4.69) is 25.8 Å². The summed E-state index contributed by atoms with van der Waals surface area (Å²) >= 11 is 0. The van der Waals surface area contributed by atoms with Crippen molar-refractivity contribution in [2.75, 3.05) is 17.7 Å². The van der Waals surface area contributed by atoms with Gasteiger partial charge in [0.1, 0.15) is 29.3 Å². The average molecular weight is 339 g/mol. The Morgan fingerprint density at radius 1 is 1.20 bits per heavy atom. The van der Waals surface area contributed by atoms with Crippen LogP contribution in [0.15, 0.2) is 47.2 Å². The highest BCUT2D eigenvalue weighted by Crippen LogP contribution is 2.18. The van der Waals surface area contributed by atoms with Gasteiger partial charge in [-0.1, -0.05) is 23.4 Å². The zero-order valence-corrected chi connectivity index (χ0v) is 13.8. The van der Waals surface area contributed by atoms with Crippen LogP contribution in [0, 0.1) is 6.92 Å². The summed E-state index contributed by atoms with van der Waals surface area (Å²) in [6, 6.07) is 10.9. The molecular weight excluding hydrogens is 322 g/mol. The highest BCUT2D eigenvalue weighted by Gasteiger charge is 2.11. The van der Waals surface area contributed by atoms with E-state index in [1.807, 2.05) is 24.3 Å². The number of carbonyl (C=O) groups excluding carboxylic acids is 1. The second-order valence-electron chi connectivity index (χ2n) is 5.23. The monoisotopic (exact) mass is 339 g/mol. The molecule has 0 spiro atoms. The summed E-state index contributed by atoms with van der Waals surface area (Å²) in [5.74, 6) is 1.86. The fourth-order valence-corrected chi connectivity index (χ4v) is 2.22. The average Bonchev–Trinajstić information content (AvgIpc) is 3.05. The maximum Gasteiger partial charge on any atom is 0.275 e. The van der Waals surface area contributed by atoms with Gasteiger partial charge in [-0.05, 0) is 13.0 Å². The van der Waals surface area contributed by atoms with Crippen LogP contribution in [-0.4, -0.2) is 28.1 Å². The van der Waals surface area contributed by atoms with E-state index >= 15 is 0 Å². The second kappa shape index (κ2) is 7.43. The molecule has 8 nitrogen and oxygen atoms in total. The zero-order chi connectivity index (χ0) is 17.6. The van der Waals surface area contributed by atoms with E-state index in [1.54, 1.807) is 26.2 Å². The number of benzene rings is 1. The predicted molar refractivity (Wildman–Crippen MR) is 91.5 cm³/mol. The third-order valence-corrected chi connectivity index (χ3v) is 3.42. The lowest BCUT2D eigenvalue weighted by atomic mass is 10.2. The number of rotatable bonds is 6. The molecule has 0 aliphatic rings. The molecule has 3 rings (SSSR count). The topological polar surface area (TPSA) is 102 Å².